The Kier molecular flexibility index (Phi) is 4.89. The lowest BCUT2D eigenvalue weighted by molar-refractivity contribution is -0.129. The fraction of sp³-hybridized carbons (Fsp3) is 0.250. The monoisotopic (exact) mass is 400 g/mol. The average Bonchev–Trinajstić information content (AvgIpc) is 2.67. The van der Waals surface area contributed by atoms with Gasteiger partial charge in [0.05, 0.1) is 5.52 Å². The van der Waals surface area contributed by atoms with Crippen LogP contribution < -0.4 is 4.90 Å². The number of carbonyl (C=O) groups excluding carboxylic acids is 1. The molecule has 0 spiro atoms. The van der Waals surface area contributed by atoms with Crippen LogP contribution in [-0.2, 0) is 4.79 Å². The lowest BCUT2D eigenvalue weighted by atomic mass is 10.0. The van der Waals surface area contributed by atoms with Crippen molar-refractivity contribution >= 4 is 45.8 Å². The van der Waals surface area contributed by atoms with Crippen LogP contribution in [0.15, 0.2) is 42.7 Å². The highest BCUT2D eigenvalue weighted by atomic mass is 35.5. The number of hydrogen-bond acceptors (Lipinski definition) is 4. The first kappa shape index (κ1) is 18.0. The number of nitrogens with zero attached hydrogens (tertiary/aromatic N) is 4. The molecule has 0 unspecified atom stereocenters. The summed E-state index contributed by atoms with van der Waals surface area (Å²) in [4.78, 5) is 24.5. The second-order valence-corrected chi connectivity index (χ2v) is 7.39. The van der Waals surface area contributed by atoms with Gasteiger partial charge >= 0.3 is 0 Å². The number of piperazine rings is 1. The van der Waals surface area contributed by atoms with E-state index < -0.39 is 0 Å². The molecule has 138 valence electrons. The maximum Gasteiger partial charge on any atom is 0.219 e. The number of aromatic nitrogens is 2. The van der Waals surface area contributed by atoms with Crippen molar-refractivity contribution in [1.29, 1.82) is 0 Å². The summed E-state index contributed by atoms with van der Waals surface area (Å²) in [5, 5.41) is 2.21. The van der Waals surface area contributed by atoms with Crippen molar-refractivity contribution in [2.45, 2.75) is 6.92 Å². The predicted octanol–water partition coefficient (Wildman–Crippen LogP) is 4.27. The molecule has 0 bridgehead atoms. The highest BCUT2D eigenvalue weighted by Crippen LogP contribution is 2.33. The maximum atomic E-state index is 11.5. The van der Waals surface area contributed by atoms with E-state index in [0.29, 0.717) is 23.1 Å². The zero-order chi connectivity index (χ0) is 19.0. The van der Waals surface area contributed by atoms with Crippen molar-refractivity contribution in [3.63, 3.8) is 0 Å². The molecule has 3 aromatic rings. The Labute approximate surface area is 167 Å². The molecule has 1 fully saturated rings. The van der Waals surface area contributed by atoms with Gasteiger partial charge in [-0.3, -0.25) is 4.79 Å². The van der Waals surface area contributed by atoms with Crippen LogP contribution in [0.1, 0.15) is 6.92 Å². The molecule has 5 nitrogen and oxygen atoms in total. The first-order chi connectivity index (χ1) is 13.0. The summed E-state index contributed by atoms with van der Waals surface area (Å²) in [5.74, 6) is 1.02. The lowest BCUT2D eigenvalue weighted by Gasteiger charge is -2.35. The zero-order valence-corrected chi connectivity index (χ0v) is 16.3. The van der Waals surface area contributed by atoms with E-state index in [4.69, 9.17) is 23.2 Å². The minimum atomic E-state index is 0.117. The van der Waals surface area contributed by atoms with E-state index >= 15 is 0 Å². The van der Waals surface area contributed by atoms with E-state index in [1.165, 1.54) is 0 Å². The van der Waals surface area contributed by atoms with Gasteiger partial charge in [-0.15, -0.1) is 0 Å². The lowest BCUT2D eigenvalue weighted by Crippen LogP contribution is -2.48. The van der Waals surface area contributed by atoms with Crippen molar-refractivity contribution in [2.24, 2.45) is 0 Å². The molecule has 2 aromatic carbocycles. The second kappa shape index (κ2) is 7.33. The molecule has 0 N–H and O–H groups in total. The number of halogens is 2. The Morgan fingerprint density at radius 3 is 2.48 bits per heavy atom. The molecule has 0 atom stereocenters. The second-order valence-electron chi connectivity index (χ2n) is 6.55. The summed E-state index contributed by atoms with van der Waals surface area (Å²) in [6.45, 7) is 4.55. The van der Waals surface area contributed by atoms with Crippen molar-refractivity contribution < 1.29 is 4.79 Å². The molecular weight excluding hydrogens is 383 g/mol. The smallest absolute Gasteiger partial charge is 0.219 e. The van der Waals surface area contributed by atoms with Crippen molar-refractivity contribution in [3.05, 3.63) is 52.8 Å². The van der Waals surface area contributed by atoms with E-state index in [0.717, 1.165) is 40.9 Å². The maximum absolute atomic E-state index is 11.5. The van der Waals surface area contributed by atoms with Crippen LogP contribution in [-0.4, -0.2) is 47.0 Å². The Balaban J connectivity index is 1.68. The summed E-state index contributed by atoms with van der Waals surface area (Å²) >= 11 is 12.4. The Morgan fingerprint density at radius 1 is 1.00 bits per heavy atom. The van der Waals surface area contributed by atoms with Gasteiger partial charge in [0.2, 0.25) is 5.91 Å². The van der Waals surface area contributed by atoms with Gasteiger partial charge in [0.15, 0.2) is 0 Å². The van der Waals surface area contributed by atoms with E-state index in [1.54, 1.807) is 19.3 Å². The molecule has 0 saturated carbocycles. The highest BCUT2D eigenvalue weighted by molar-refractivity contribution is 6.36. The number of fused-ring (bicyclic) bond motifs is 1. The number of amides is 1. The Morgan fingerprint density at radius 2 is 1.78 bits per heavy atom. The van der Waals surface area contributed by atoms with Gasteiger partial charge in [-0.25, -0.2) is 9.97 Å². The third-order valence-electron chi connectivity index (χ3n) is 4.88. The van der Waals surface area contributed by atoms with Crippen LogP contribution in [0, 0.1) is 0 Å². The fourth-order valence-electron chi connectivity index (χ4n) is 3.42. The summed E-state index contributed by atoms with van der Waals surface area (Å²) in [5.41, 5.74) is 2.76. The van der Waals surface area contributed by atoms with Gasteiger partial charge in [-0.1, -0.05) is 35.3 Å². The summed E-state index contributed by atoms with van der Waals surface area (Å²) in [6, 6.07) is 11.5. The van der Waals surface area contributed by atoms with E-state index in [1.807, 2.05) is 35.2 Å². The molecule has 1 aromatic heterocycles. The van der Waals surface area contributed by atoms with E-state index in [9.17, 15) is 4.79 Å². The van der Waals surface area contributed by atoms with E-state index in [2.05, 4.69) is 14.9 Å². The molecule has 4 rings (SSSR count). The third kappa shape index (κ3) is 3.57. The third-order valence-corrected chi connectivity index (χ3v) is 5.43. The van der Waals surface area contributed by atoms with Crippen LogP contribution >= 0.6 is 23.2 Å². The fourth-order valence-corrected chi connectivity index (χ4v) is 3.94. The van der Waals surface area contributed by atoms with E-state index in [-0.39, 0.29) is 5.91 Å². The SMILES string of the molecule is CC(=O)N1CCN(c2ncnc3cc(-c4ccc(Cl)cc4Cl)ccc23)CC1. The zero-order valence-electron chi connectivity index (χ0n) is 14.8. The molecule has 7 heteroatoms. The summed E-state index contributed by atoms with van der Waals surface area (Å²) in [7, 11) is 0. The first-order valence-electron chi connectivity index (χ1n) is 8.73. The van der Waals surface area contributed by atoms with Crippen LogP contribution in [0.5, 0.6) is 0 Å². The van der Waals surface area contributed by atoms with Crippen LogP contribution in [0.3, 0.4) is 0 Å². The molecular formula is C20H18Cl2N4O. The minimum Gasteiger partial charge on any atom is -0.352 e. The van der Waals surface area contributed by atoms with Gasteiger partial charge in [0, 0.05) is 54.1 Å². The topological polar surface area (TPSA) is 49.3 Å². The molecule has 0 radical (unpaired) electrons. The summed E-state index contributed by atoms with van der Waals surface area (Å²) < 4.78 is 0. The molecule has 1 aliphatic rings. The molecule has 0 aliphatic carbocycles. The number of anilines is 1. The number of rotatable bonds is 2. The molecule has 27 heavy (non-hydrogen) atoms. The normalized spacial score (nSPS) is 14.6. The number of benzene rings is 2. The van der Waals surface area contributed by atoms with Crippen LogP contribution in [0.2, 0.25) is 10.0 Å². The van der Waals surface area contributed by atoms with Crippen molar-refractivity contribution in [1.82, 2.24) is 14.9 Å². The van der Waals surface area contributed by atoms with Crippen LogP contribution in [0.25, 0.3) is 22.0 Å². The average molecular weight is 401 g/mol. The predicted molar refractivity (Wildman–Crippen MR) is 109 cm³/mol. The standard InChI is InChI=1S/C20H18Cl2N4O/c1-13(27)25-6-8-26(9-7-25)20-17-4-2-14(10-19(17)23-12-24-20)16-5-3-15(21)11-18(16)22/h2-5,10-12H,6-9H2,1H3. The molecule has 1 aliphatic heterocycles. The Bertz CT molecular complexity index is 1020. The summed E-state index contributed by atoms with van der Waals surface area (Å²) in [6.07, 6.45) is 1.59. The minimum absolute atomic E-state index is 0.117. The van der Waals surface area contributed by atoms with Gasteiger partial charge in [-0.2, -0.15) is 0 Å². The van der Waals surface area contributed by atoms with Gasteiger partial charge in [0.25, 0.3) is 0 Å². The Hall–Kier alpha value is -2.37. The number of hydrogen-bond donors (Lipinski definition) is 0. The molecule has 1 amide bonds. The van der Waals surface area contributed by atoms with Crippen molar-refractivity contribution in [3.8, 4) is 11.1 Å². The highest BCUT2D eigenvalue weighted by Gasteiger charge is 2.21. The molecule has 1 saturated heterocycles. The van der Waals surface area contributed by atoms with Gasteiger partial charge in [0.1, 0.15) is 12.1 Å². The molecule has 2 heterocycles. The largest absolute Gasteiger partial charge is 0.352 e. The van der Waals surface area contributed by atoms with Gasteiger partial charge in [-0.05, 0) is 29.8 Å². The first-order valence-corrected chi connectivity index (χ1v) is 9.49. The quantitative estimate of drug-likeness (QED) is 0.644. The number of carbonyl (C=O) groups is 1. The van der Waals surface area contributed by atoms with Crippen molar-refractivity contribution in [2.75, 3.05) is 31.1 Å². The van der Waals surface area contributed by atoms with Gasteiger partial charge < -0.3 is 9.80 Å². The van der Waals surface area contributed by atoms with Crippen LogP contribution in [0.4, 0.5) is 5.82 Å².